The summed E-state index contributed by atoms with van der Waals surface area (Å²) in [6.45, 7) is 5.59. The molecular formula is C19H26N2. The quantitative estimate of drug-likeness (QED) is 0.744. The fourth-order valence-corrected chi connectivity index (χ4v) is 5.52. The molecular weight excluding hydrogens is 256 g/mol. The van der Waals surface area contributed by atoms with E-state index in [1.54, 1.807) is 22.4 Å². The molecule has 0 amide bonds. The van der Waals surface area contributed by atoms with Crippen LogP contribution in [-0.4, -0.2) is 30.7 Å². The van der Waals surface area contributed by atoms with E-state index in [2.05, 4.69) is 44.2 Å². The molecule has 0 aromatic carbocycles. The van der Waals surface area contributed by atoms with Gasteiger partial charge >= 0.3 is 0 Å². The van der Waals surface area contributed by atoms with E-state index in [0.717, 1.165) is 6.54 Å². The minimum absolute atomic E-state index is 0.196. The number of aliphatic imine (C=N–C) groups is 1. The van der Waals surface area contributed by atoms with Crippen LogP contribution in [0, 0.1) is 11.3 Å². The molecule has 0 saturated carbocycles. The van der Waals surface area contributed by atoms with Crippen LogP contribution in [0.25, 0.3) is 0 Å². The highest BCUT2D eigenvalue weighted by Gasteiger charge is 2.52. The first kappa shape index (κ1) is 13.4. The Labute approximate surface area is 128 Å². The maximum atomic E-state index is 4.78. The van der Waals surface area contributed by atoms with Gasteiger partial charge in [0, 0.05) is 30.4 Å². The van der Waals surface area contributed by atoms with Gasteiger partial charge in [0.2, 0.25) is 0 Å². The van der Waals surface area contributed by atoms with Gasteiger partial charge < -0.3 is 4.90 Å². The zero-order valence-electron chi connectivity index (χ0n) is 13.5. The van der Waals surface area contributed by atoms with Gasteiger partial charge in [-0.3, -0.25) is 4.99 Å². The Bertz CT molecular complexity index is 593. The Morgan fingerprint density at radius 2 is 2.19 bits per heavy atom. The highest BCUT2D eigenvalue weighted by molar-refractivity contribution is 5.75. The van der Waals surface area contributed by atoms with Gasteiger partial charge in [-0.15, -0.1) is 0 Å². The number of hydrogen-bond donors (Lipinski definition) is 0. The molecule has 0 spiro atoms. The second-order valence-electron chi connectivity index (χ2n) is 7.01. The third kappa shape index (κ3) is 1.56. The van der Waals surface area contributed by atoms with E-state index in [1.165, 1.54) is 32.1 Å². The molecule has 4 rings (SSSR count). The number of likely N-dealkylation sites (tertiary alicyclic amines) is 1. The number of allylic oxidation sites excluding steroid dienone is 4. The lowest BCUT2D eigenvalue weighted by atomic mass is 9.62. The summed E-state index contributed by atoms with van der Waals surface area (Å²) in [5, 5.41) is 0. The first-order valence-corrected chi connectivity index (χ1v) is 8.59. The molecule has 3 unspecified atom stereocenters. The van der Waals surface area contributed by atoms with Gasteiger partial charge in [0.15, 0.2) is 0 Å². The van der Waals surface area contributed by atoms with Gasteiger partial charge in [-0.2, -0.15) is 0 Å². The Hall–Kier alpha value is -1.31. The van der Waals surface area contributed by atoms with Crippen molar-refractivity contribution < 1.29 is 0 Å². The Balaban J connectivity index is 2.04. The topological polar surface area (TPSA) is 15.6 Å². The van der Waals surface area contributed by atoms with Crippen LogP contribution < -0.4 is 0 Å². The second kappa shape index (κ2) is 4.59. The number of hydrogen-bond acceptors (Lipinski definition) is 2. The fraction of sp³-hybridized carbons (Fsp3) is 0.632. The molecule has 112 valence electrons. The van der Waals surface area contributed by atoms with Crippen molar-refractivity contribution in [2.24, 2.45) is 16.3 Å². The van der Waals surface area contributed by atoms with Crippen molar-refractivity contribution in [1.29, 1.82) is 0 Å². The van der Waals surface area contributed by atoms with E-state index < -0.39 is 0 Å². The molecule has 2 nitrogen and oxygen atoms in total. The molecule has 0 aromatic rings. The van der Waals surface area contributed by atoms with Crippen molar-refractivity contribution in [3.63, 3.8) is 0 Å². The third-order valence-electron chi connectivity index (χ3n) is 6.48. The maximum Gasteiger partial charge on any atom is 0.0570 e. The van der Waals surface area contributed by atoms with Gasteiger partial charge in [-0.1, -0.05) is 38.0 Å². The largest absolute Gasteiger partial charge is 0.374 e. The number of fused-ring (bicyclic) bond motifs is 1. The zero-order valence-corrected chi connectivity index (χ0v) is 13.5. The molecule has 3 atom stereocenters. The van der Waals surface area contributed by atoms with Gasteiger partial charge in [0.1, 0.15) is 0 Å². The molecule has 0 saturated heterocycles. The lowest BCUT2D eigenvalue weighted by Crippen LogP contribution is -2.47. The third-order valence-corrected chi connectivity index (χ3v) is 6.48. The molecule has 21 heavy (non-hydrogen) atoms. The highest BCUT2D eigenvalue weighted by Crippen LogP contribution is 2.57. The zero-order chi connectivity index (χ0) is 14.6. The van der Waals surface area contributed by atoms with Crippen molar-refractivity contribution >= 4 is 6.21 Å². The van der Waals surface area contributed by atoms with E-state index in [1.807, 2.05) is 0 Å². The molecule has 2 aliphatic heterocycles. The minimum atomic E-state index is 0.196. The summed E-state index contributed by atoms with van der Waals surface area (Å²) in [6.07, 6.45) is 13.1. The lowest BCUT2D eigenvalue weighted by Gasteiger charge is -2.48. The van der Waals surface area contributed by atoms with E-state index in [0.29, 0.717) is 12.0 Å². The number of nitrogens with zero attached hydrogens (tertiary/aromatic N) is 2. The van der Waals surface area contributed by atoms with Gasteiger partial charge in [-0.05, 0) is 42.7 Å². The van der Waals surface area contributed by atoms with E-state index in [4.69, 9.17) is 4.99 Å². The lowest BCUT2D eigenvalue weighted by molar-refractivity contribution is 0.142. The molecule has 0 radical (unpaired) electrons. The van der Waals surface area contributed by atoms with Crippen molar-refractivity contribution in [3.8, 4) is 0 Å². The SMILES string of the molecule is CCC1C2CC3=C(CCC4=C3/C=C\C/N=C\C41CC)N2C. The average Bonchev–Trinajstić information content (AvgIpc) is 2.76. The maximum absolute atomic E-state index is 4.78. The minimum Gasteiger partial charge on any atom is -0.374 e. The second-order valence-corrected chi connectivity index (χ2v) is 7.01. The molecule has 0 N–H and O–H groups in total. The highest BCUT2D eigenvalue weighted by atomic mass is 15.2. The Morgan fingerprint density at radius 3 is 2.95 bits per heavy atom. The molecule has 0 fully saturated rings. The standard InChI is InChI=1S/C19H26N2/c1-4-15-18-11-14-13-7-6-10-20-12-19(15,5-2)16(13)8-9-17(14)21(18)3/h6-7,12,15,18H,4-5,8-11H2,1-3H3/b7-6-,20-12-. The van der Waals surface area contributed by atoms with Crippen molar-refractivity contribution in [2.75, 3.05) is 13.6 Å². The molecule has 0 aromatic heterocycles. The summed E-state index contributed by atoms with van der Waals surface area (Å²) in [7, 11) is 2.33. The van der Waals surface area contributed by atoms with E-state index in [-0.39, 0.29) is 5.41 Å². The van der Waals surface area contributed by atoms with Gasteiger partial charge in [0.25, 0.3) is 0 Å². The van der Waals surface area contributed by atoms with Crippen LogP contribution in [-0.2, 0) is 0 Å². The smallest absolute Gasteiger partial charge is 0.0570 e. The van der Waals surface area contributed by atoms with Crippen molar-refractivity contribution in [2.45, 2.75) is 52.0 Å². The van der Waals surface area contributed by atoms with Crippen LogP contribution in [0.4, 0.5) is 0 Å². The van der Waals surface area contributed by atoms with Crippen molar-refractivity contribution in [3.05, 3.63) is 34.6 Å². The van der Waals surface area contributed by atoms with Crippen LogP contribution in [0.3, 0.4) is 0 Å². The molecule has 2 heterocycles. The van der Waals surface area contributed by atoms with Crippen LogP contribution in [0.5, 0.6) is 0 Å². The number of rotatable bonds is 2. The van der Waals surface area contributed by atoms with Crippen LogP contribution in [0.1, 0.15) is 46.0 Å². The van der Waals surface area contributed by atoms with Crippen LogP contribution >= 0.6 is 0 Å². The van der Waals surface area contributed by atoms with Gasteiger partial charge in [-0.25, -0.2) is 0 Å². The normalized spacial score (nSPS) is 40.2. The summed E-state index contributed by atoms with van der Waals surface area (Å²) in [5.74, 6) is 0.697. The van der Waals surface area contributed by atoms with Crippen LogP contribution in [0.15, 0.2) is 39.6 Å². The summed E-state index contributed by atoms with van der Waals surface area (Å²) in [5.41, 5.74) is 6.76. The first-order valence-electron chi connectivity index (χ1n) is 8.59. The molecule has 4 aliphatic rings. The Kier molecular flexibility index (Phi) is 2.92. The van der Waals surface area contributed by atoms with Crippen molar-refractivity contribution in [1.82, 2.24) is 4.90 Å². The average molecular weight is 282 g/mol. The molecule has 2 heteroatoms. The van der Waals surface area contributed by atoms with E-state index >= 15 is 0 Å². The van der Waals surface area contributed by atoms with E-state index in [9.17, 15) is 0 Å². The fourth-order valence-electron chi connectivity index (χ4n) is 5.52. The Morgan fingerprint density at radius 1 is 1.33 bits per heavy atom. The predicted molar refractivity (Wildman–Crippen MR) is 88.5 cm³/mol. The first-order chi connectivity index (χ1) is 10.2. The summed E-state index contributed by atoms with van der Waals surface area (Å²) in [4.78, 5) is 7.40. The van der Waals surface area contributed by atoms with Gasteiger partial charge in [0.05, 0.1) is 6.54 Å². The molecule has 2 aliphatic carbocycles. The summed E-state index contributed by atoms with van der Waals surface area (Å²) >= 11 is 0. The summed E-state index contributed by atoms with van der Waals surface area (Å²) < 4.78 is 0. The predicted octanol–water partition coefficient (Wildman–Crippen LogP) is 4.11. The monoisotopic (exact) mass is 282 g/mol. The van der Waals surface area contributed by atoms with Crippen LogP contribution in [0.2, 0.25) is 0 Å². The molecule has 5 bridgehead atoms. The summed E-state index contributed by atoms with van der Waals surface area (Å²) in [6, 6.07) is 0.672.